The van der Waals surface area contributed by atoms with Crippen molar-refractivity contribution in [1.29, 1.82) is 5.26 Å². The van der Waals surface area contributed by atoms with E-state index in [-0.39, 0.29) is 39.3 Å². The van der Waals surface area contributed by atoms with Crippen LogP contribution >= 0.6 is 0 Å². The minimum Gasteiger partial charge on any atom is -0.493 e. The number of benzene rings is 3. The summed E-state index contributed by atoms with van der Waals surface area (Å²) in [6.07, 6.45) is 2.29. The summed E-state index contributed by atoms with van der Waals surface area (Å²) in [6.45, 7) is 13.5. The summed E-state index contributed by atoms with van der Waals surface area (Å²) in [5.74, 6) is -0.550. The Morgan fingerprint density at radius 3 is 2.32 bits per heavy atom. The van der Waals surface area contributed by atoms with Gasteiger partial charge in [0.1, 0.15) is 5.75 Å². The Balaban J connectivity index is 1.21. The molecule has 4 aliphatic heterocycles. The van der Waals surface area contributed by atoms with Crippen LogP contribution in [0.3, 0.4) is 0 Å². The Morgan fingerprint density at radius 1 is 1.00 bits per heavy atom. The van der Waals surface area contributed by atoms with Crippen LogP contribution in [0.4, 0.5) is 10.5 Å². The summed E-state index contributed by atoms with van der Waals surface area (Å²) < 4.78 is 35.4. The van der Waals surface area contributed by atoms with Gasteiger partial charge >= 0.3 is 6.03 Å². The number of urea groups is 1. The predicted molar refractivity (Wildman–Crippen MR) is 189 cm³/mol. The summed E-state index contributed by atoms with van der Waals surface area (Å²) in [7, 11) is -4.44. The van der Waals surface area contributed by atoms with Crippen molar-refractivity contribution >= 4 is 27.6 Å². The third-order valence-electron chi connectivity index (χ3n) is 10.9. The molecule has 3 aromatic carbocycles. The van der Waals surface area contributed by atoms with Crippen molar-refractivity contribution in [1.82, 2.24) is 20.0 Å². The molecule has 50 heavy (non-hydrogen) atoms. The van der Waals surface area contributed by atoms with Crippen molar-refractivity contribution in [2.75, 3.05) is 50.2 Å². The fraction of sp³-hybridized carbons (Fsp3) is 0.447. The quantitative estimate of drug-likeness (QED) is 0.367. The Hall–Kier alpha value is -4.44. The highest BCUT2D eigenvalue weighted by Crippen LogP contribution is 2.50. The Kier molecular flexibility index (Phi) is 8.65. The monoisotopic (exact) mass is 696 g/mol. The lowest BCUT2D eigenvalue weighted by molar-refractivity contribution is -0.124. The van der Waals surface area contributed by atoms with Gasteiger partial charge in [0.05, 0.1) is 28.8 Å². The van der Waals surface area contributed by atoms with Gasteiger partial charge in [-0.15, -0.1) is 0 Å². The average Bonchev–Trinajstić information content (AvgIpc) is 3.31. The van der Waals surface area contributed by atoms with Crippen LogP contribution in [0, 0.1) is 23.7 Å². The fourth-order valence-corrected chi connectivity index (χ4v) is 9.67. The number of nitrogens with one attached hydrogen (secondary N) is 1. The number of sulfonamides is 1. The summed E-state index contributed by atoms with van der Waals surface area (Å²) >= 11 is 0. The van der Waals surface area contributed by atoms with Gasteiger partial charge in [0, 0.05) is 54.8 Å². The molecule has 11 nitrogen and oxygen atoms in total. The maximum Gasteiger partial charge on any atom is 0.318 e. The zero-order valence-corrected chi connectivity index (χ0v) is 29.9. The minimum absolute atomic E-state index is 0.00923. The number of likely N-dealkylation sites (tertiary alicyclic amines) is 3. The van der Waals surface area contributed by atoms with E-state index in [4.69, 9.17) is 4.74 Å². The van der Waals surface area contributed by atoms with Crippen LogP contribution in [0.1, 0.15) is 55.9 Å². The number of nitriles is 1. The highest BCUT2D eigenvalue weighted by molar-refractivity contribution is 7.93. The molecule has 3 aromatic rings. The zero-order chi connectivity index (χ0) is 35.4. The van der Waals surface area contributed by atoms with Crippen molar-refractivity contribution in [3.05, 3.63) is 89.0 Å². The molecule has 4 aliphatic rings. The number of rotatable bonds is 8. The topological polar surface area (TPSA) is 126 Å². The number of amides is 3. The molecule has 12 heteroatoms. The van der Waals surface area contributed by atoms with Gasteiger partial charge in [0.2, 0.25) is 0 Å². The number of para-hydroxylation sites is 1. The van der Waals surface area contributed by atoms with Crippen LogP contribution in [0.15, 0.2) is 71.6 Å². The lowest BCUT2D eigenvalue weighted by Crippen LogP contribution is -2.76. The highest BCUT2D eigenvalue weighted by atomic mass is 32.2. The van der Waals surface area contributed by atoms with Crippen molar-refractivity contribution in [2.45, 2.75) is 63.1 Å². The van der Waals surface area contributed by atoms with Gasteiger partial charge in [-0.3, -0.25) is 9.69 Å². The first-order valence-electron chi connectivity index (χ1n) is 17.4. The fourth-order valence-electron chi connectivity index (χ4n) is 8.21. The molecule has 0 aromatic heterocycles. The number of carbonyl (C=O) groups is 2. The van der Waals surface area contributed by atoms with Crippen LogP contribution in [-0.2, 0) is 20.4 Å². The number of fused-ring (bicyclic) bond motifs is 1. The van der Waals surface area contributed by atoms with Crippen LogP contribution in [0.2, 0.25) is 0 Å². The van der Waals surface area contributed by atoms with E-state index in [2.05, 4.69) is 35.0 Å². The first-order valence-corrected chi connectivity index (χ1v) is 18.8. The molecule has 0 saturated carbocycles. The van der Waals surface area contributed by atoms with Gasteiger partial charge in [-0.1, -0.05) is 35.9 Å². The standard InChI is InChI=1S/C38H44N6O5S/c1-5-49-34-9-7-6-8-31(34)38(40-36(46)43-24-37(25-43)22-42(23-37)29-16-18-41(19-17-29)26(2)3)32-20-28(21-39)12-15-33(32)44(35(38)45)50(47,48)30-13-10-27(4)11-14-30/h6-15,20,26,29H,5,16-19,22-25H2,1-4H3,(H,40,46)/t38-/m1/s1. The number of ether oxygens (including phenoxy) is 1. The van der Waals surface area contributed by atoms with Gasteiger partial charge in [0.15, 0.2) is 5.54 Å². The maximum atomic E-state index is 15.0. The second-order valence-electron chi connectivity index (χ2n) is 14.5. The SMILES string of the molecule is CCOc1ccccc1[C@]1(NC(=O)N2CC3(C2)CN(C2CCN(C(C)C)CC2)C3)C(=O)N(S(=O)(=O)c2ccc(C)cc2)c2ccc(C#N)cc21. The molecule has 262 valence electrons. The molecule has 7 rings (SSSR count). The number of aryl methyl sites for hydroxylation is 1. The lowest BCUT2D eigenvalue weighted by Gasteiger charge is -2.62. The summed E-state index contributed by atoms with van der Waals surface area (Å²) in [5, 5.41) is 12.9. The van der Waals surface area contributed by atoms with Crippen LogP contribution < -0.4 is 14.4 Å². The van der Waals surface area contributed by atoms with E-state index in [1.54, 1.807) is 41.3 Å². The molecule has 1 atom stereocenters. The molecule has 0 aliphatic carbocycles. The highest BCUT2D eigenvalue weighted by Gasteiger charge is 2.60. The van der Waals surface area contributed by atoms with Crippen molar-refractivity contribution in [3.63, 3.8) is 0 Å². The third-order valence-corrected chi connectivity index (χ3v) is 12.6. The van der Waals surface area contributed by atoms with Gasteiger partial charge in [-0.2, -0.15) is 9.57 Å². The zero-order valence-electron chi connectivity index (χ0n) is 29.1. The molecule has 1 N–H and O–H groups in total. The molecule has 3 saturated heterocycles. The molecule has 1 spiro atoms. The first kappa shape index (κ1) is 34.0. The van der Waals surface area contributed by atoms with Crippen LogP contribution in [0.25, 0.3) is 0 Å². The minimum atomic E-state index is -4.44. The lowest BCUT2D eigenvalue weighted by atomic mass is 9.71. The molecule has 0 radical (unpaired) electrons. The molecule has 4 heterocycles. The number of hydrogen-bond donors (Lipinski definition) is 1. The number of piperidine rings is 1. The van der Waals surface area contributed by atoms with Crippen LogP contribution in [-0.4, -0.2) is 93.0 Å². The van der Waals surface area contributed by atoms with Crippen molar-refractivity contribution < 1.29 is 22.7 Å². The van der Waals surface area contributed by atoms with Gasteiger partial charge in [-0.05, 0) is 90.0 Å². The Labute approximate surface area is 294 Å². The molecule has 0 unspecified atom stereocenters. The third kappa shape index (κ3) is 5.52. The van der Waals surface area contributed by atoms with Crippen LogP contribution in [0.5, 0.6) is 5.75 Å². The summed E-state index contributed by atoms with van der Waals surface area (Å²) in [5.41, 5.74) is -0.362. The van der Waals surface area contributed by atoms with Gasteiger partial charge in [-0.25, -0.2) is 13.2 Å². The molecule has 0 bridgehead atoms. The normalized spacial score (nSPS) is 22.2. The number of hydrogen-bond acceptors (Lipinski definition) is 8. The van der Waals surface area contributed by atoms with E-state index in [9.17, 15) is 18.5 Å². The van der Waals surface area contributed by atoms with E-state index < -0.39 is 27.5 Å². The smallest absolute Gasteiger partial charge is 0.318 e. The number of nitrogens with zero attached hydrogens (tertiary/aromatic N) is 5. The van der Waals surface area contributed by atoms with E-state index >= 15 is 4.79 Å². The Morgan fingerprint density at radius 2 is 1.68 bits per heavy atom. The predicted octanol–water partition coefficient (Wildman–Crippen LogP) is 4.44. The van der Waals surface area contributed by atoms with E-state index in [0.29, 0.717) is 30.9 Å². The second kappa shape index (κ2) is 12.7. The largest absolute Gasteiger partial charge is 0.493 e. The van der Waals surface area contributed by atoms with Gasteiger partial charge < -0.3 is 19.9 Å². The molecular weight excluding hydrogens is 653 g/mol. The molecule has 3 fully saturated rings. The van der Waals surface area contributed by atoms with E-state index in [0.717, 1.165) is 48.9 Å². The van der Waals surface area contributed by atoms with Crippen molar-refractivity contribution in [3.8, 4) is 11.8 Å². The second-order valence-corrected chi connectivity index (χ2v) is 16.2. The summed E-state index contributed by atoms with van der Waals surface area (Å²) in [4.78, 5) is 36.0. The molecular formula is C38H44N6O5S. The summed E-state index contributed by atoms with van der Waals surface area (Å²) in [6, 6.07) is 20.3. The molecule has 3 amide bonds. The Bertz CT molecular complexity index is 1950. The van der Waals surface area contributed by atoms with Crippen molar-refractivity contribution in [2.24, 2.45) is 5.41 Å². The maximum absolute atomic E-state index is 15.0. The number of anilines is 1. The van der Waals surface area contributed by atoms with Gasteiger partial charge in [0.25, 0.3) is 15.9 Å². The van der Waals surface area contributed by atoms with E-state index in [1.807, 2.05) is 13.8 Å². The number of carbonyl (C=O) groups excluding carboxylic acids is 2. The average molecular weight is 697 g/mol. The van der Waals surface area contributed by atoms with E-state index in [1.165, 1.54) is 30.3 Å². The first-order chi connectivity index (χ1) is 23.9.